The van der Waals surface area contributed by atoms with Crippen LogP contribution in [0.2, 0.25) is 0 Å². The highest BCUT2D eigenvalue weighted by atomic mass is 16.5. The number of benzene rings is 2. The van der Waals surface area contributed by atoms with Crippen LogP contribution in [0.5, 0.6) is 0 Å². The molecular weight excluding hydrogens is 304 g/mol. The summed E-state index contributed by atoms with van der Waals surface area (Å²) in [6.07, 6.45) is 0.104. The summed E-state index contributed by atoms with van der Waals surface area (Å²) in [5, 5.41) is 8.77. The first-order valence-electron chi connectivity index (χ1n) is 8.12. The third kappa shape index (κ3) is 3.32. The summed E-state index contributed by atoms with van der Waals surface area (Å²) in [6.45, 7) is 2.03. The molecule has 0 amide bonds. The second-order valence-corrected chi connectivity index (χ2v) is 6.32. The van der Waals surface area contributed by atoms with Crippen molar-refractivity contribution in [3.05, 3.63) is 59.7 Å². The Bertz CT molecular complexity index is 720. The van der Waals surface area contributed by atoms with Crippen molar-refractivity contribution >= 4 is 11.9 Å². The van der Waals surface area contributed by atoms with E-state index < -0.39 is 5.97 Å². The molecule has 1 unspecified atom stereocenters. The Morgan fingerprint density at radius 1 is 1.00 bits per heavy atom. The molecule has 4 nitrogen and oxygen atoms in total. The molecule has 124 valence electrons. The lowest BCUT2D eigenvalue weighted by Crippen LogP contribution is -2.16. The summed E-state index contributed by atoms with van der Waals surface area (Å²) >= 11 is 0. The minimum absolute atomic E-state index is 0.0236. The largest absolute Gasteiger partial charge is 0.481 e. The summed E-state index contributed by atoms with van der Waals surface area (Å²) in [7, 11) is 0. The molecule has 1 atom stereocenters. The van der Waals surface area contributed by atoms with Gasteiger partial charge < -0.3 is 9.84 Å². The first-order valence-corrected chi connectivity index (χ1v) is 8.12. The zero-order chi connectivity index (χ0) is 17.1. The lowest BCUT2D eigenvalue weighted by atomic mass is 9.98. The fraction of sp³-hybridized carbons (Fsp3) is 0.300. The van der Waals surface area contributed by atoms with Gasteiger partial charge in [0.05, 0.1) is 0 Å². The third-order valence-electron chi connectivity index (χ3n) is 4.41. The van der Waals surface area contributed by atoms with Crippen LogP contribution < -0.4 is 0 Å². The van der Waals surface area contributed by atoms with Crippen LogP contribution in [0.15, 0.2) is 48.5 Å². The van der Waals surface area contributed by atoms with E-state index in [9.17, 15) is 9.59 Å². The average molecular weight is 324 g/mol. The van der Waals surface area contributed by atoms with Crippen LogP contribution in [0.3, 0.4) is 0 Å². The van der Waals surface area contributed by atoms with Gasteiger partial charge in [-0.1, -0.05) is 55.5 Å². The van der Waals surface area contributed by atoms with Gasteiger partial charge in [-0.05, 0) is 28.2 Å². The quantitative estimate of drug-likeness (QED) is 0.820. The van der Waals surface area contributed by atoms with Gasteiger partial charge in [-0.3, -0.25) is 9.59 Å². The van der Waals surface area contributed by atoms with E-state index >= 15 is 0 Å². The van der Waals surface area contributed by atoms with Gasteiger partial charge in [-0.15, -0.1) is 0 Å². The summed E-state index contributed by atoms with van der Waals surface area (Å²) in [6, 6.07) is 16.3. The molecule has 1 aliphatic rings. The first kappa shape index (κ1) is 16.2. The number of carboxylic acid groups (broad SMARTS) is 1. The summed E-state index contributed by atoms with van der Waals surface area (Å²) < 4.78 is 5.46. The summed E-state index contributed by atoms with van der Waals surface area (Å²) in [4.78, 5) is 22.7. The van der Waals surface area contributed by atoms with E-state index in [1.165, 1.54) is 22.3 Å². The molecule has 2 aromatic carbocycles. The van der Waals surface area contributed by atoms with E-state index in [0.29, 0.717) is 0 Å². The predicted molar refractivity (Wildman–Crippen MR) is 90.7 cm³/mol. The summed E-state index contributed by atoms with van der Waals surface area (Å²) in [5.74, 6) is -1.42. The van der Waals surface area contributed by atoms with Crippen LogP contribution in [-0.2, 0) is 14.3 Å². The molecule has 1 N–H and O–H groups in total. The number of rotatable bonds is 6. The van der Waals surface area contributed by atoms with Crippen LogP contribution in [0.25, 0.3) is 11.1 Å². The number of hydrogen-bond acceptors (Lipinski definition) is 3. The van der Waals surface area contributed by atoms with E-state index in [1.807, 2.05) is 24.3 Å². The van der Waals surface area contributed by atoms with E-state index in [4.69, 9.17) is 9.84 Å². The highest BCUT2D eigenvalue weighted by Crippen LogP contribution is 2.44. The number of hydrogen-bond donors (Lipinski definition) is 1. The van der Waals surface area contributed by atoms with Gasteiger partial charge in [0, 0.05) is 18.8 Å². The Morgan fingerprint density at radius 3 is 2.08 bits per heavy atom. The van der Waals surface area contributed by atoms with E-state index in [-0.39, 0.29) is 37.3 Å². The monoisotopic (exact) mass is 324 g/mol. The lowest BCUT2D eigenvalue weighted by Gasteiger charge is -2.15. The number of fused-ring (bicyclic) bond motifs is 3. The van der Waals surface area contributed by atoms with Gasteiger partial charge in [0.15, 0.2) is 0 Å². The van der Waals surface area contributed by atoms with Crippen molar-refractivity contribution in [2.75, 3.05) is 6.61 Å². The first-order chi connectivity index (χ1) is 11.6. The number of esters is 1. The zero-order valence-electron chi connectivity index (χ0n) is 13.6. The highest BCUT2D eigenvalue weighted by Gasteiger charge is 2.29. The summed E-state index contributed by atoms with van der Waals surface area (Å²) in [5.41, 5.74) is 4.72. The van der Waals surface area contributed by atoms with Crippen molar-refractivity contribution in [1.82, 2.24) is 0 Å². The SMILES string of the molecule is CC(CC(=O)O)CC(=O)OCC1c2ccccc2-c2ccccc21. The van der Waals surface area contributed by atoms with E-state index in [2.05, 4.69) is 24.3 Å². The van der Waals surface area contributed by atoms with E-state index in [0.717, 1.165) is 0 Å². The van der Waals surface area contributed by atoms with Crippen molar-refractivity contribution in [3.8, 4) is 11.1 Å². The molecule has 3 rings (SSSR count). The molecule has 0 saturated carbocycles. The van der Waals surface area contributed by atoms with Gasteiger partial charge in [0.25, 0.3) is 0 Å². The molecular formula is C20H20O4. The molecule has 0 aliphatic heterocycles. The van der Waals surface area contributed by atoms with Crippen LogP contribution in [0.1, 0.15) is 36.8 Å². The molecule has 0 fully saturated rings. The molecule has 0 aromatic heterocycles. The van der Waals surface area contributed by atoms with Gasteiger partial charge >= 0.3 is 11.9 Å². The second-order valence-electron chi connectivity index (χ2n) is 6.32. The zero-order valence-corrected chi connectivity index (χ0v) is 13.6. The maximum absolute atomic E-state index is 12.0. The van der Waals surface area contributed by atoms with Gasteiger partial charge in [-0.25, -0.2) is 0 Å². The maximum Gasteiger partial charge on any atom is 0.306 e. The van der Waals surface area contributed by atoms with E-state index in [1.54, 1.807) is 6.92 Å². The van der Waals surface area contributed by atoms with Crippen LogP contribution in [-0.4, -0.2) is 23.7 Å². The van der Waals surface area contributed by atoms with Crippen molar-refractivity contribution in [2.24, 2.45) is 5.92 Å². The number of carbonyl (C=O) groups is 2. The van der Waals surface area contributed by atoms with Gasteiger partial charge in [0.1, 0.15) is 6.61 Å². The predicted octanol–water partition coefficient (Wildman–Crippen LogP) is 3.84. The molecule has 0 heterocycles. The van der Waals surface area contributed by atoms with Gasteiger partial charge in [-0.2, -0.15) is 0 Å². The molecule has 4 heteroatoms. The maximum atomic E-state index is 12.0. The number of carboxylic acids is 1. The smallest absolute Gasteiger partial charge is 0.306 e. The molecule has 0 bridgehead atoms. The minimum Gasteiger partial charge on any atom is -0.481 e. The van der Waals surface area contributed by atoms with Crippen molar-refractivity contribution in [3.63, 3.8) is 0 Å². The third-order valence-corrected chi connectivity index (χ3v) is 4.41. The molecule has 2 aromatic rings. The van der Waals surface area contributed by atoms with Crippen LogP contribution in [0.4, 0.5) is 0 Å². The average Bonchev–Trinajstić information content (AvgIpc) is 2.86. The molecule has 0 saturated heterocycles. The Labute approximate surface area is 141 Å². The standard InChI is InChI=1S/C20H20O4/c1-13(10-19(21)22)11-20(23)24-12-18-16-8-4-2-6-14(16)15-7-3-5-9-17(15)18/h2-9,13,18H,10-12H2,1H3,(H,21,22). The Hall–Kier alpha value is -2.62. The van der Waals surface area contributed by atoms with Crippen molar-refractivity contribution in [1.29, 1.82) is 0 Å². The fourth-order valence-corrected chi connectivity index (χ4v) is 3.33. The molecule has 0 radical (unpaired) electrons. The number of aliphatic carboxylic acids is 1. The second kappa shape index (κ2) is 6.87. The Balaban J connectivity index is 1.69. The Kier molecular flexibility index (Phi) is 4.65. The Morgan fingerprint density at radius 2 is 1.54 bits per heavy atom. The number of carbonyl (C=O) groups excluding carboxylic acids is 1. The normalized spacial score (nSPS) is 13.9. The molecule has 1 aliphatic carbocycles. The number of ether oxygens (including phenoxy) is 1. The fourth-order valence-electron chi connectivity index (χ4n) is 3.33. The van der Waals surface area contributed by atoms with Gasteiger partial charge in [0.2, 0.25) is 0 Å². The molecule has 24 heavy (non-hydrogen) atoms. The topological polar surface area (TPSA) is 63.6 Å². The van der Waals surface area contributed by atoms with Crippen LogP contribution in [0, 0.1) is 5.92 Å². The molecule has 0 spiro atoms. The minimum atomic E-state index is -0.894. The lowest BCUT2D eigenvalue weighted by molar-refractivity contribution is -0.145. The van der Waals surface area contributed by atoms with Crippen LogP contribution >= 0.6 is 0 Å². The highest BCUT2D eigenvalue weighted by molar-refractivity contribution is 5.79. The van der Waals surface area contributed by atoms with Crippen molar-refractivity contribution < 1.29 is 19.4 Å². The van der Waals surface area contributed by atoms with Crippen molar-refractivity contribution in [2.45, 2.75) is 25.7 Å².